The monoisotopic (exact) mass is 383 g/mol. The summed E-state index contributed by atoms with van der Waals surface area (Å²) in [6.07, 6.45) is -1.55. The minimum atomic E-state index is -4.41. The third-order valence-corrected chi connectivity index (χ3v) is 4.02. The lowest BCUT2D eigenvalue weighted by molar-refractivity contribution is -0.157. The number of likely N-dealkylation sites (N-methyl/N-ethyl adjacent to an activating group) is 1. The summed E-state index contributed by atoms with van der Waals surface area (Å²) in [6.45, 7) is -0.109. The number of carbonyl (C=O) groups is 1. The third kappa shape index (κ3) is 6.50. The first-order valence-electron chi connectivity index (χ1n) is 8.59. The topological polar surface area (TPSA) is 61.7 Å². The van der Waals surface area contributed by atoms with Crippen molar-refractivity contribution >= 4 is 22.8 Å². The van der Waals surface area contributed by atoms with Gasteiger partial charge in [-0.25, -0.2) is 0 Å². The number of carbonyl (C=O) groups excluding carboxylic acids is 1. The van der Waals surface area contributed by atoms with Gasteiger partial charge in [-0.2, -0.15) is 13.2 Å². The number of para-hydroxylation sites is 1. The molecule has 0 aliphatic rings. The van der Waals surface area contributed by atoms with Crippen LogP contribution < -0.4 is 10.6 Å². The van der Waals surface area contributed by atoms with Gasteiger partial charge < -0.3 is 20.1 Å². The van der Waals surface area contributed by atoms with E-state index in [0.717, 1.165) is 20.0 Å². The number of aryl methyl sites for hydroxylation is 1. The van der Waals surface area contributed by atoms with E-state index in [4.69, 9.17) is 0 Å². The second kappa shape index (κ2) is 9.29. The predicted octanol–water partition coefficient (Wildman–Crippen LogP) is 2.22. The smallest absolute Gasteiger partial charge is 0.356 e. The van der Waals surface area contributed by atoms with Crippen molar-refractivity contribution in [1.29, 1.82) is 0 Å². The Labute approximate surface area is 156 Å². The van der Waals surface area contributed by atoms with Crippen molar-refractivity contribution in [1.82, 2.24) is 20.1 Å². The van der Waals surface area contributed by atoms with E-state index in [-0.39, 0.29) is 6.54 Å². The number of amides is 1. The van der Waals surface area contributed by atoms with Gasteiger partial charge in [0.2, 0.25) is 5.91 Å². The first-order chi connectivity index (χ1) is 12.8. The molecule has 2 aromatic rings. The Morgan fingerprint density at radius 3 is 2.67 bits per heavy atom. The van der Waals surface area contributed by atoms with E-state index in [1.165, 1.54) is 10.9 Å². The van der Waals surface area contributed by atoms with Gasteiger partial charge >= 0.3 is 6.18 Å². The van der Waals surface area contributed by atoms with Gasteiger partial charge in [-0.15, -0.1) is 0 Å². The molecule has 0 bridgehead atoms. The van der Waals surface area contributed by atoms with E-state index in [1.807, 2.05) is 18.3 Å². The van der Waals surface area contributed by atoms with Crippen molar-refractivity contribution in [3.8, 4) is 0 Å². The zero-order valence-corrected chi connectivity index (χ0v) is 15.4. The normalized spacial score (nSPS) is 12.3. The zero-order chi connectivity index (χ0) is 19.9. The van der Waals surface area contributed by atoms with E-state index in [9.17, 15) is 18.0 Å². The maximum atomic E-state index is 12.3. The molecule has 0 radical (unpaired) electrons. The van der Waals surface area contributed by atoms with Crippen molar-refractivity contribution in [2.75, 3.05) is 33.7 Å². The molecule has 1 aromatic carbocycles. The zero-order valence-electron chi connectivity index (χ0n) is 15.4. The largest absolute Gasteiger partial charge is 0.406 e. The summed E-state index contributed by atoms with van der Waals surface area (Å²) in [4.78, 5) is 16.3. The maximum absolute atomic E-state index is 12.3. The van der Waals surface area contributed by atoms with Crippen LogP contribution in [0.25, 0.3) is 10.9 Å². The number of nitrogens with zero attached hydrogens (tertiary/aromatic N) is 3. The Morgan fingerprint density at radius 2 is 1.96 bits per heavy atom. The SMILES string of the molecule is CN=C(NCCCn1ccc2ccccc21)NCC(=O)N(C)CC(F)(F)F. The Hall–Kier alpha value is -2.71. The van der Waals surface area contributed by atoms with Gasteiger partial charge in [0.15, 0.2) is 5.96 Å². The van der Waals surface area contributed by atoms with Crippen molar-refractivity contribution < 1.29 is 18.0 Å². The van der Waals surface area contributed by atoms with Gasteiger partial charge in [0.1, 0.15) is 6.54 Å². The van der Waals surface area contributed by atoms with Crippen LogP contribution in [0.2, 0.25) is 0 Å². The molecule has 0 spiro atoms. The van der Waals surface area contributed by atoms with E-state index in [0.29, 0.717) is 17.4 Å². The average Bonchev–Trinajstić information content (AvgIpc) is 3.02. The molecule has 148 valence electrons. The molecular formula is C18H24F3N5O. The quantitative estimate of drug-likeness (QED) is 0.438. The standard InChI is InChI=1S/C18H24F3N5O/c1-22-17(24-12-16(27)25(2)13-18(19,20)21)23-9-5-10-26-11-8-14-6-3-4-7-15(14)26/h3-4,6-8,11H,5,9-10,12-13H2,1-2H3,(H2,22,23,24). The molecule has 2 N–H and O–H groups in total. The molecule has 0 unspecified atom stereocenters. The van der Waals surface area contributed by atoms with Gasteiger partial charge in [0.05, 0.1) is 6.54 Å². The predicted molar refractivity (Wildman–Crippen MR) is 99.6 cm³/mol. The Morgan fingerprint density at radius 1 is 1.22 bits per heavy atom. The molecule has 9 heteroatoms. The lowest BCUT2D eigenvalue weighted by Crippen LogP contribution is -2.45. The van der Waals surface area contributed by atoms with Gasteiger partial charge in [-0.1, -0.05) is 18.2 Å². The fraction of sp³-hybridized carbons (Fsp3) is 0.444. The number of rotatable bonds is 7. The minimum Gasteiger partial charge on any atom is -0.356 e. The number of guanidine groups is 1. The maximum Gasteiger partial charge on any atom is 0.406 e. The Kier molecular flexibility index (Phi) is 7.09. The van der Waals surface area contributed by atoms with E-state index < -0.39 is 18.6 Å². The van der Waals surface area contributed by atoms with Crippen molar-refractivity contribution in [2.24, 2.45) is 4.99 Å². The highest BCUT2D eigenvalue weighted by molar-refractivity contribution is 5.86. The molecule has 1 aromatic heterocycles. The summed E-state index contributed by atoms with van der Waals surface area (Å²) in [7, 11) is 2.66. The lowest BCUT2D eigenvalue weighted by Gasteiger charge is -2.20. The number of aliphatic imine (C=N–C) groups is 1. The van der Waals surface area contributed by atoms with E-state index in [1.54, 1.807) is 7.05 Å². The van der Waals surface area contributed by atoms with Crippen LogP contribution in [0.3, 0.4) is 0 Å². The summed E-state index contributed by atoms with van der Waals surface area (Å²) in [6, 6.07) is 10.2. The summed E-state index contributed by atoms with van der Waals surface area (Å²) in [5.74, 6) is -0.282. The molecule has 0 aliphatic heterocycles. The first kappa shape index (κ1) is 20.6. The number of alkyl halides is 3. The molecule has 1 amide bonds. The van der Waals surface area contributed by atoms with Crippen LogP contribution in [0.5, 0.6) is 0 Å². The second-order valence-corrected chi connectivity index (χ2v) is 6.14. The minimum absolute atomic E-state index is 0.255. The highest BCUT2D eigenvalue weighted by Crippen LogP contribution is 2.16. The van der Waals surface area contributed by atoms with Gasteiger partial charge in [-0.3, -0.25) is 9.79 Å². The number of halogens is 3. The number of aromatic nitrogens is 1. The van der Waals surface area contributed by atoms with Crippen LogP contribution in [0.15, 0.2) is 41.5 Å². The van der Waals surface area contributed by atoms with Crippen LogP contribution in [0.1, 0.15) is 6.42 Å². The van der Waals surface area contributed by atoms with Gasteiger partial charge in [-0.05, 0) is 23.9 Å². The van der Waals surface area contributed by atoms with E-state index >= 15 is 0 Å². The first-order valence-corrected chi connectivity index (χ1v) is 8.59. The van der Waals surface area contributed by atoms with Crippen LogP contribution >= 0.6 is 0 Å². The molecule has 0 saturated carbocycles. The summed E-state index contributed by atoms with van der Waals surface area (Å²) < 4.78 is 39.1. The summed E-state index contributed by atoms with van der Waals surface area (Å²) >= 11 is 0. The third-order valence-electron chi connectivity index (χ3n) is 4.02. The fourth-order valence-electron chi connectivity index (χ4n) is 2.66. The average molecular weight is 383 g/mol. The van der Waals surface area contributed by atoms with Crippen LogP contribution in [0.4, 0.5) is 13.2 Å². The van der Waals surface area contributed by atoms with Gasteiger partial charge in [0.25, 0.3) is 0 Å². The Bertz CT molecular complexity index is 785. The summed E-state index contributed by atoms with van der Waals surface area (Å²) in [5.41, 5.74) is 1.17. The highest BCUT2D eigenvalue weighted by Gasteiger charge is 2.31. The van der Waals surface area contributed by atoms with Crippen molar-refractivity contribution in [2.45, 2.75) is 19.1 Å². The molecular weight excluding hydrogens is 359 g/mol. The molecule has 2 rings (SSSR count). The van der Waals surface area contributed by atoms with Crippen molar-refractivity contribution in [3.63, 3.8) is 0 Å². The second-order valence-electron chi connectivity index (χ2n) is 6.14. The molecule has 0 fully saturated rings. The molecule has 27 heavy (non-hydrogen) atoms. The highest BCUT2D eigenvalue weighted by atomic mass is 19.4. The fourth-order valence-corrected chi connectivity index (χ4v) is 2.66. The Balaban J connectivity index is 1.72. The van der Waals surface area contributed by atoms with Crippen LogP contribution in [-0.4, -0.2) is 61.2 Å². The lowest BCUT2D eigenvalue weighted by atomic mass is 10.2. The summed E-state index contributed by atoms with van der Waals surface area (Å²) in [5, 5.41) is 6.97. The molecule has 6 nitrogen and oxygen atoms in total. The molecule has 0 atom stereocenters. The van der Waals surface area contributed by atoms with Crippen LogP contribution in [0, 0.1) is 0 Å². The number of hydrogen-bond donors (Lipinski definition) is 2. The van der Waals surface area contributed by atoms with Gasteiger partial charge in [0, 0.05) is 38.9 Å². The van der Waals surface area contributed by atoms with Crippen LogP contribution in [-0.2, 0) is 11.3 Å². The number of nitrogens with one attached hydrogen (secondary N) is 2. The molecule has 0 saturated heterocycles. The number of fused-ring (bicyclic) bond motifs is 1. The molecule has 1 heterocycles. The number of benzene rings is 1. The molecule has 0 aliphatic carbocycles. The number of hydrogen-bond acceptors (Lipinski definition) is 2. The van der Waals surface area contributed by atoms with E-state index in [2.05, 4.69) is 38.4 Å². The van der Waals surface area contributed by atoms with Crippen molar-refractivity contribution in [3.05, 3.63) is 36.5 Å².